The summed E-state index contributed by atoms with van der Waals surface area (Å²) in [6, 6.07) is 5.32. The van der Waals surface area contributed by atoms with Gasteiger partial charge in [0.15, 0.2) is 0 Å². The summed E-state index contributed by atoms with van der Waals surface area (Å²) in [6.07, 6.45) is 1.46. The van der Waals surface area contributed by atoms with Crippen LogP contribution in [0.3, 0.4) is 0 Å². The van der Waals surface area contributed by atoms with Crippen LogP contribution in [0.25, 0.3) is 0 Å². The lowest BCUT2D eigenvalue weighted by Gasteiger charge is -2.10. The van der Waals surface area contributed by atoms with E-state index in [4.69, 9.17) is 23.2 Å². The summed E-state index contributed by atoms with van der Waals surface area (Å²) < 4.78 is 1.55. The zero-order valence-corrected chi connectivity index (χ0v) is 12.1. The minimum atomic E-state index is -0.297. The molecule has 1 heterocycles. The normalized spacial score (nSPS) is 10.5. The fraction of sp³-hybridized carbons (Fsp3) is 0.231. The van der Waals surface area contributed by atoms with Gasteiger partial charge in [0.05, 0.1) is 11.2 Å². The van der Waals surface area contributed by atoms with Crippen molar-refractivity contribution >= 4 is 34.8 Å². The molecule has 1 N–H and O–H groups in total. The van der Waals surface area contributed by atoms with E-state index in [-0.39, 0.29) is 5.91 Å². The fourth-order valence-corrected chi connectivity index (χ4v) is 2.14. The average molecular weight is 298 g/mol. The summed E-state index contributed by atoms with van der Waals surface area (Å²) in [4.78, 5) is 12.2. The van der Waals surface area contributed by atoms with Crippen molar-refractivity contribution in [3.05, 3.63) is 45.7 Å². The number of benzene rings is 1. The van der Waals surface area contributed by atoms with Gasteiger partial charge in [-0.1, -0.05) is 29.3 Å². The zero-order valence-electron chi connectivity index (χ0n) is 10.6. The number of nitrogens with one attached hydrogen (secondary N) is 1. The number of carbonyl (C=O) groups is 1. The standard InChI is InChI=1S/C13H13Cl2N3O/c1-3-18-12(10(15)7-16-18)13(19)17-11-6-9(14)5-4-8(11)2/h4-7H,3H2,1-2H3,(H,17,19). The van der Waals surface area contributed by atoms with Gasteiger partial charge in [0.25, 0.3) is 5.91 Å². The average Bonchev–Trinajstić information content (AvgIpc) is 2.75. The zero-order chi connectivity index (χ0) is 14.0. The molecule has 0 fully saturated rings. The van der Waals surface area contributed by atoms with Crippen LogP contribution in [0.4, 0.5) is 5.69 Å². The van der Waals surface area contributed by atoms with Crippen LogP contribution in [-0.4, -0.2) is 15.7 Å². The number of amides is 1. The summed E-state index contributed by atoms with van der Waals surface area (Å²) in [6.45, 7) is 4.36. The molecule has 0 aliphatic carbocycles. The predicted molar refractivity (Wildman–Crippen MR) is 77.1 cm³/mol. The first-order valence-corrected chi connectivity index (χ1v) is 6.57. The first-order valence-electron chi connectivity index (χ1n) is 5.81. The Morgan fingerprint density at radius 2 is 2.16 bits per heavy atom. The number of carbonyl (C=O) groups excluding carboxylic acids is 1. The SMILES string of the molecule is CCn1ncc(Cl)c1C(=O)Nc1cc(Cl)ccc1C. The van der Waals surface area contributed by atoms with E-state index in [1.165, 1.54) is 6.20 Å². The Bertz CT molecular complexity index is 622. The quantitative estimate of drug-likeness (QED) is 0.937. The Morgan fingerprint density at radius 1 is 1.42 bits per heavy atom. The summed E-state index contributed by atoms with van der Waals surface area (Å²) in [5, 5.41) is 7.73. The van der Waals surface area contributed by atoms with E-state index in [0.29, 0.717) is 28.0 Å². The van der Waals surface area contributed by atoms with Gasteiger partial charge in [-0.3, -0.25) is 9.48 Å². The fourth-order valence-electron chi connectivity index (χ4n) is 1.74. The van der Waals surface area contributed by atoms with Crippen LogP contribution >= 0.6 is 23.2 Å². The second-order valence-corrected chi connectivity index (χ2v) is 4.91. The lowest BCUT2D eigenvalue weighted by atomic mass is 10.2. The van der Waals surface area contributed by atoms with Gasteiger partial charge in [-0.15, -0.1) is 0 Å². The van der Waals surface area contributed by atoms with Gasteiger partial charge in [0, 0.05) is 17.3 Å². The van der Waals surface area contributed by atoms with E-state index in [0.717, 1.165) is 5.56 Å². The molecule has 0 aliphatic heterocycles. The van der Waals surface area contributed by atoms with Crippen molar-refractivity contribution in [2.45, 2.75) is 20.4 Å². The van der Waals surface area contributed by atoms with Crippen LogP contribution in [0.2, 0.25) is 10.0 Å². The van der Waals surface area contributed by atoms with Gasteiger partial charge >= 0.3 is 0 Å². The van der Waals surface area contributed by atoms with Gasteiger partial charge in [-0.25, -0.2) is 0 Å². The van der Waals surface area contributed by atoms with Gasteiger partial charge < -0.3 is 5.32 Å². The molecule has 0 unspecified atom stereocenters. The van der Waals surface area contributed by atoms with Crippen molar-refractivity contribution in [3.63, 3.8) is 0 Å². The van der Waals surface area contributed by atoms with Crippen molar-refractivity contribution in [2.75, 3.05) is 5.32 Å². The Hall–Kier alpha value is -1.52. The van der Waals surface area contributed by atoms with E-state index < -0.39 is 0 Å². The molecule has 0 bridgehead atoms. The van der Waals surface area contributed by atoms with E-state index >= 15 is 0 Å². The number of aromatic nitrogens is 2. The van der Waals surface area contributed by atoms with Crippen molar-refractivity contribution < 1.29 is 4.79 Å². The highest BCUT2D eigenvalue weighted by Gasteiger charge is 2.17. The van der Waals surface area contributed by atoms with Crippen molar-refractivity contribution in [1.82, 2.24) is 9.78 Å². The molecule has 1 amide bonds. The van der Waals surface area contributed by atoms with Gasteiger partial charge in [-0.05, 0) is 31.5 Å². The summed E-state index contributed by atoms with van der Waals surface area (Å²) >= 11 is 11.9. The lowest BCUT2D eigenvalue weighted by Crippen LogP contribution is -2.18. The monoisotopic (exact) mass is 297 g/mol. The van der Waals surface area contributed by atoms with Gasteiger partial charge in [0.1, 0.15) is 5.69 Å². The number of halogens is 2. The number of hydrogen-bond donors (Lipinski definition) is 1. The molecule has 2 rings (SSSR count). The summed E-state index contributed by atoms with van der Waals surface area (Å²) in [7, 11) is 0. The molecule has 0 saturated heterocycles. The number of anilines is 1. The van der Waals surface area contributed by atoms with Crippen LogP contribution < -0.4 is 5.32 Å². The molecular formula is C13H13Cl2N3O. The topological polar surface area (TPSA) is 46.9 Å². The summed E-state index contributed by atoms with van der Waals surface area (Å²) in [5.41, 5.74) is 1.94. The Kier molecular flexibility index (Phi) is 4.12. The molecule has 0 aliphatic rings. The Morgan fingerprint density at radius 3 is 2.84 bits per heavy atom. The van der Waals surface area contributed by atoms with E-state index in [1.54, 1.807) is 16.8 Å². The number of rotatable bonds is 3. The highest BCUT2D eigenvalue weighted by atomic mass is 35.5. The highest BCUT2D eigenvalue weighted by Crippen LogP contribution is 2.22. The minimum Gasteiger partial charge on any atom is -0.320 e. The smallest absolute Gasteiger partial charge is 0.275 e. The van der Waals surface area contributed by atoms with Crippen molar-refractivity contribution in [2.24, 2.45) is 0 Å². The third-order valence-electron chi connectivity index (χ3n) is 2.76. The number of hydrogen-bond acceptors (Lipinski definition) is 2. The lowest BCUT2D eigenvalue weighted by molar-refractivity contribution is 0.101. The van der Waals surface area contributed by atoms with Crippen molar-refractivity contribution in [1.29, 1.82) is 0 Å². The molecule has 0 saturated carbocycles. The first kappa shape index (κ1) is 13.9. The maximum absolute atomic E-state index is 12.2. The second-order valence-electron chi connectivity index (χ2n) is 4.07. The Balaban J connectivity index is 2.30. The number of nitrogens with zero attached hydrogens (tertiary/aromatic N) is 2. The maximum Gasteiger partial charge on any atom is 0.275 e. The van der Waals surface area contributed by atoms with Crippen molar-refractivity contribution in [3.8, 4) is 0 Å². The molecule has 100 valence electrons. The van der Waals surface area contributed by atoms with Crippen LogP contribution in [0, 0.1) is 6.92 Å². The molecule has 1 aromatic carbocycles. The number of aryl methyl sites for hydroxylation is 2. The van der Waals surface area contributed by atoms with E-state index in [2.05, 4.69) is 10.4 Å². The summed E-state index contributed by atoms with van der Waals surface area (Å²) in [5.74, 6) is -0.297. The van der Waals surface area contributed by atoms with Crippen LogP contribution in [0.5, 0.6) is 0 Å². The first-order chi connectivity index (χ1) is 9.02. The molecule has 0 radical (unpaired) electrons. The minimum absolute atomic E-state index is 0.297. The van der Waals surface area contributed by atoms with Crippen LogP contribution in [-0.2, 0) is 6.54 Å². The molecule has 2 aromatic rings. The molecule has 0 spiro atoms. The van der Waals surface area contributed by atoms with Crippen LogP contribution in [0.15, 0.2) is 24.4 Å². The van der Waals surface area contributed by atoms with Gasteiger partial charge in [-0.2, -0.15) is 5.10 Å². The van der Waals surface area contributed by atoms with E-state index in [9.17, 15) is 4.79 Å². The molecular weight excluding hydrogens is 285 g/mol. The molecule has 6 heteroatoms. The molecule has 1 aromatic heterocycles. The molecule has 4 nitrogen and oxygen atoms in total. The maximum atomic E-state index is 12.2. The highest BCUT2D eigenvalue weighted by molar-refractivity contribution is 6.34. The van der Waals surface area contributed by atoms with Gasteiger partial charge in [0.2, 0.25) is 0 Å². The second kappa shape index (κ2) is 5.63. The van der Waals surface area contributed by atoms with Crippen LogP contribution in [0.1, 0.15) is 23.0 Å². The molecule has 0 atom stereocenters. The third-order valence-corrected chi connectivity index (χ3v) is 3.27. The Labute approximate surface area is 121 Å². The third kappa shape index (κ3) is 2.91. The largest absolute Gasteiger partial charge is 0.320 e. The van der Waals surface area contributed by atoms with E-state index in [1.807, 2.05) is 19.9 Å². The molecule has 19 heavy (non-hydrogen) atoms. The predicted octanol–water partition coefficient (Wildman–Crippen LogP) is 3.77.